The van der Waals surface area contributed by atoms with Crippen LogP contribution in [0.4, 0.5) is 11.4 Å². The van der Waals surface area contributed by atoms with Gasteiger partial charge in [-0.25, -0.2) is 4.79 Å². The molecule has 7 heteroatoms. The molecule has 0 aliphatic heterocycles. The van der Waals surface area contributed by atoms with Gasteiger partial charge >= 0.3 is 5.97 Å². The molecule has 0 fully saturated rings. The highest BCUT2D eigenvalue weighted by Crippen LogP contribution is 2.31. The van der Waals surface area contributed by atoms with Crippen LogP contribution in [-0.4, -0.2) is 46.3 Å². The highest BCUT2D eigenvalue weighted by molar-refractivity contribution is 5.98. The second-order valence-electron chi connectivity index (χ2n) is 6.02. The normalized spacial score (nSPS) is 11.3. The summed E-state index contributed by atoms with van der Waals surface area (Å²) in [5.41, 5.74) is 1.82. The summed E-state index contributed by atoms with van der Waals surface area (Å²) >= 11 is 0. The Hall–Kier alpha value is -3.22. The Kier molecular flexibility index (Phi) is 6.65. The SMILES string of the molecule is COc1cccc(C(=O)O[C@H](C)C(=O)Nc2ccc(N(C)C)cc2)c1OC. The van der Waals surface area contributed by atoms with Gasteiger partial charge in [-0.05, 0) is 43.3 Å². The van der Waals surface area contributed by atoms with Crippen molar-refractivity contribution in [1.29, 1.82) is 0 Å². The van der Waals surface area contributed by atoms with E-state index >= 15 is 0 Å². The number of ether oxygens (including phenoxy) is 3. The van der Waals surface area contributed by atoms with Gasteiger partial charge in [0.2, 0.25) is 0 Å². The van der Waals surface area contributed by atoms with Crippen LogP contribution in [-0.2, 0) is 9.53 Å². The monoisotopic (exact) mass is 372 g/mol. The molecule has 0 radical (unpaired) electrons. The minimum atomic E-state index is -0.984. The lowest BCUT2D eigenvalue weighted by Crippen LogP contribution is -2.30. The Labute approximate surface area is 158 Å². The number of esters is 1. The first-order chi connectivity index (χ1) is 12.9. The van der Waals surface area contributed by atoms with E-state index in [4.69, 9.17) is 14.2 Å². The zero-order chi connectivity index (χ0) is 20.0. The number of anilines is 2. The lowest BCUT2D eigenvalue weighted by molar-refractivity contribution is -0.123. The fourth-order valence-electron chi connectivity index (χ4n) is 2.41. The maximum absolute atomic E-state index is 12.4. The summed E-state index contributed by atoms with van der Waals surface area (Å²) in [6.45, 7) is 1.51. The third kappa shape index (κ3) is 4.91. The van der Waals surface area contributed by atoms with Gasteiger partial charge in [-0.2, -0.15) is 0 Å². The van der Waals surface area contributed by atoms with E-state index in [1.807, 2.05) is 31.1 Å². The van der Waals surface area contributed by atoms with Gasteiger partial charge in [-0.15, -0.1) is 0 Å². The predicted octanol–water partition coefficient (Wildman–Crippen LogP) is 2.95. The molecule has 7 nitrogen and oxygen atoms in total. The fraction of sp³-hybridized carbons (Fsp3) is 0.300. The molecule has 0 saturated heterocycles. The number of amides is 1. The van der Waals surface area contributed by atoms with E-state index in [0.717, 1.165) is 5.69 Å². The van der Waals surface area contributed by atoms with E-state index in [1.165, 1.54) is 21.1 Å². The summed E-state index contributed by atoms with van der Waals surface area (Å²) in [7, 11) is 6.77. The van der Waals surface area contributed by atoms with E-state index in [2.05, 4.69) is 5.32 Å². The van der Waals surface area contributed by atoms with Gasteiger partial charge < -0.3 is 24.4 Å². The standard InChI is InChI=1S/C20H24N2O5/c1-13(19(23)21-14-9-11-15(12-10-14)22(2)3)27-20(24)16-7-6-8-17(25-4)18(16)26-5/h6-13H,1-5H3,(H,21,23)/t13-/m1/s1. The Morgan fingerprint density at radius 3 is 2.22 bits per heavy atom. The molecule has 1 atom stereocenters. The number of hydrogen-bond donors (Lipinski definition) is 1. The second kappa shape index (κ2) is 8.93. The minimum Gasteiger partial charge on any atom is -0.493 e. The maximum Gasteiger partial charge on any atom is 0.342 e. The van der Waals surface area contributed by atoms with Crippen molar-refractivity contribution in [3.05, 3.63) is 48.0 Å². The molecule has 0 saturated carbocycles. The number of para-hydroxylation sites is 1. The van der Waals surface area contributed by atoms with Gasteiger partial charge in [0.25, 0.3) is 5.91 Å². The zero-order valence-corrected chi connectivity index (χ0v) is 16.1. The van der Waals surface area contributed by atoms with Crippen LogP contribution in [0.5, 0.6) is 11.5 Å². The molecule has 2 rings (SSSR count). The van der Waals surface area contributed by atoms with Gasteiger partial charge in [0.15, 0.2) is 17.6 Å². The average molecular weight is 372 g/mol. The molecular weight excluding hydrogens is 348 g/mol. The minimum absolute atomic E-state index is 0.187. The summed E-state index contributed by atoms with van der Waals surface area (Å²) in [5.74, 6) is -0.430. The predicted molar refractivity (Wildman–Crippen MR) is 104 cm³/mol. The Bertz CT molecular complexity index is 803. The number of carbonyl (C=O) groups is 2. The van der Waals surface area contributed by atoms with E-state index in [9.17, 15) is 9.59 Å². The summed E-state index contributed by atoms with van der Waals surface area (Å²) in [5, 5.41) is 2.73. The van der Waals surface area contributed by atoms with Gasteiger partial charge in [-0.1, -0.05) is 6.07 Å². The number of hydrogen-bond acceptors (Lipinski definition) is 6. The fourth-order valence-corrected chi connectivity index (χ4v) is 2.41. The Morgan fingerprint density at radius 1 is 1.00 bits per heavy atom. The molecule has 1 amide bonds. The van der Waals surface area contributed by atoms with E-state index < -0.39 is 18.0 Å². The van der Waals surface area contributed by atoms with Crippen molar-refractivity contribution in [3.63, 3.8) is 0 Å². The van der Waals surface area contributed by atoms with Crippen molar-refractivity contribution >= 4 is 23.3 Å². The van der Waals surface area contributed by atoms with Crippen LogP contribution >= 0.6 is 0 Å². The van der Waals surface area contributed by atoms with Crippen molar-refractivity contribution in [3.8, 4) is 11.5 Å². The number of rotatable bonds is 7. The number of nitrogens with one attached hydrogen (secondary N) is 1. The van der Waals surface area contributed by atoms with Crippen LogP contribution in [0.25, 0.3) is 0 Å². The third-order valence-corrected chi connectivity index (χ3v) is 3.93. The van der Waals surface area contributed by atoms with E-state index in [1.54, 1.807) is 30.3 Å². The molecule has 0 spiro atoms. The molecular formula is C20H24N2O5. The summed E-state index contributed by atoms with van der Waals surface area (Å²) < 4.78 is 15.7. The van der Waals surface area contributed by atoms with Crippen molar-refractivity contribution in [2.45, 2.75) is 13.0 Å². The number of carbonyl (C=O) groups excluding carboxylic acids is 2. The van der Waals surface area contributed by atoms with Crippen LogP contribution < -0.4 is 19.7 Å². The Morgan fingerprint density at radius 2 is 1.67 bits per heavy atom. The molecule has 2 aromatic carbocycles. The molecule has 1 N–H and O–H groups in total. The van der Waals surface area contributed by atoms with Crippen LogP contribution in [0.2, 0.25) is 0 Å². The van der Waals surface area contributed by atoms with Crippen molar-refractivity contribution in [1.82, 2.24) is 0 Å². The molecule has 0 aliphatic rings. The van der Waals surface area contributed by atoms with Gasteiger partial charge in [-0.3, -0.25) is 4.79 Å². The molecule has 0 aromatic heterocycles. The Balaban J connectivity index is 2.04. The topological polar surface area (TPSA) is 77.1 Å². The summed E-state index contributed by atoms with van der Waals surface area (Å²) in [4.78, 5) is 26.7. The smallest absolute Gasteiger partial charge is 0.342 e. The first kappa shape index (κ1) is 20.1. The maximum atomic E-state index is 12.4. The van der Waals surface area contributed by atoms with Crippen molar-refractivity contribution in [2.24, 2.45) is 0 Å². The van der Waals surface area contributed by atoms with E-state index in [0.29, 0.717) is 11.4 Å². The first-order valence-electron chi connectivity index (χ1n) is 8.37. The molecule has 0 heterocycles. The van der Waals surface area contributed by atoms with Crippen LogP contribution in [0, 0.1) is 0 Å². The van der Waals surface area contributed by atoms with Crippen LogP contribution in [0.3, 0.4) is 0 Å². The zero-order valence-electron chi connectivity index (χ0n) is 16.1. The average Bonchev–Trinajstić information content (AvgIpc) is 2.67. The number of benzene rings is 2. The molecule has 0 bridgehead atoms. The molecule has 0 unspecified atom stereocenters. The van der Waals surface area contributed by atoms with Crippen molar-refractivity contribution in [2.75, 3.05) is 38.5 Å². The van der Waals surface area contributed by atoms with E-state index in [-0.39, 0.29) is 11.3 Å². The quantitative estimate of drug-likeness (QED) is 0.753. The number of methoxy groups -OCH3 is 2. The summed E-state index contributed by atoms with van der Waals surface area (Å²) in [6.07, 6.45) is -0.984. The molecule has 144 valence electrons. The van der Waals surface area contributed by atoms with Crippen LogP contribution in [0.15, 0.2) is 42.5 Å². The van der Waals surface area contributed by atoms with Gasteiger partial charge in [0.05, 0.1) is 14.2 Å². The molecule has 0 aliphatic carbocycles. The second-order valence-corrected chi connectivity index (χ2v) is 6.02. The number of nitrogens with zero attached hydrogens (tertiary/aromatic N) is 1. The molecule has 2 aromatic rings. The third-order valence-electron chi connectivity index (χ3n) is 3.93. The molecule has 27 heavy (non-hydrogen) atoms. The first-order valence-corrected chi connectivity index (χ1v) is 8.37. The highest BCUT2D eigenvalue weighted by atomic mass is 16.6. The lowest BCUT2D eigenvalue weighted by Gasteiger charge is -2.16. The lowest BCUT2D eigenvalue weighted by atomic mass is 10.2. The highest BCUT2D eigenvalue weighted by Gasteiger charge is 2.23. The largest absolute Gasteiger partial charge is 0.493 e. The van der Waals surface area contributed by atoms with Gasteiger partial charge in [0.1, 0.15) is 5.56 Å². The van der Waals surface area contributed by atoms with Crippen LogP contribution in [0.1, 0.15) is 17.3 Å². The van der Waals surface area contributed by atoms with Gasteiger partial charge in [0, 0.05) is 25.5 Å². The summed E-state index contributed by atoms with van der Waals surface area (Å²) in [6, 6.07) is 12.2. The van der Waals surface area contributed by atoms with Crippen molar-refractivity contribution < 1.29 is 23.8 Å².